The Labute approximate surface area is 135 Å². The summed E-state index contributed by atoms with van der Waals surface area (Å²) in [5, 5.41) is 2.21. The summed E-state index contributed by atoms with van der Waals surface area (Å²) >= 11 is 1.23. The average molecular weight is 341 g/mol. The zero-order valence-corrected chi connectivity index (χ0v) is 13.1. The van der Waals surface area contributed by atoms with Gasteiger partial charge in [-0.1, -0.05) is 0 Å². The molecule has 3 nitrogen and oxygen atoms in total. The molecule has 2 aromatic rings. The van der Waals surface area contributed by atoms with Crippen LogP contribution < -0.4 is 10.1 Å². The molecule has 1 amide bonds. The third-order valence-electron chi connectivity index (χ3n) is 2.81. The Morgan fingerprint density at radius 3 is 2.43 bits per heavy atom. The molecule has 23 heavy (non-hydrogen) atoms. The van der Waals surface area contributed by atoms with Gasteiger partial charge in [0.05, 0.1) is 18.0 Å². The number of amides is 1. The molecule has 1 N–H and O–H groups in total. The number of thioether (sulfide) groups is 1. The normalized spacial score (nSPS) is 10.4. The lowest BCUT2D eigenvalue weighted by molar-refractivity contribution is -0.113. The predicted molar refractivity (Wildman–Crippen MR) is 83.3 cm³/mol. The van der Waals surface area contributed by atoms with Crippen molar-refractivity contribution in [2.45, 2.75) is 11.8 Å². The number of halogens is 3. The SMILES string of the molecule is CCOc1ccc(SCC(=O)Nc2ccc(F)c(F)c2F)cc1. The largest absolute Gasteiger partial charge is 0.494 e. The van der Waals surface area contributed by atoms with Gasteiger partial charge in [0.15, 0.2) is 17.5 Å². The maximum absolute atomic E-state index is 13.5. The number of hydrogen-bond donors (Lipinski definition) is 1. The van der Waals surface area contributed by atoms with Gasteiger partial charge >= 0.3 is 0 Å². The summed E-state index contributed by atoms with van der Waals surface area (Å²) in [6.45, 7) is 2.44. The number of rotatable bonds is 6. The lowest BCUT2D eigenvalue weighted by atomic mass is 10.3. The number of nitrogens with one attached hydrogen (secondary N) is 1. The van der Waals surface area contributed by atoms with E-state index in [1.807, 2.05) is 6.92 Å². The van der Waals surface area contributed by atoms with Gasteiger partial charge in [0, 0.05) is 4.90 Å². The number of carbonyl (C=O) groups excluding carboxylic acids is 1. The van der Waals surface area contributed by atoms with E-state index in [0.717, 1.165) is 22.8 Å². The lowest BCUT2D eigenvalue weighted by Gasteiger charge is -2.08. The number of anilines is 1. The maximum Gasteiger partial charge on any atom is 0.234 e. The van der Waals surface area contributed by atoms with Crippen LogP contribution in [0.2, 0.25) is 0 Å². The van der Waals surface area contributed by atoms with Crippen molar-refractivity contribution in [1.29, 1.82) is 0 Å². The van der Waals surface area contributed by atoms with Crippen LogP contribution in [0.4, 0.5) is 18.9 Å². The fourth-order valence-electron chi connectivity index (χ4n) is 1.76. The van der Waals surface area contributed by atoms with Gasteiger partial charge in [-0.15, -0.1) is 11.8 Å². The molecule has 0 atom stereocenters. The zero-order chi connectivity index (χ0) is 16.8. The van der Waals surface area contributed by atoms with E-state index in [9.17, 15) is 18.0 Å². The minimum Gasteiger partial charge on any atom is -0.494 e. The van der Waals surface area contributed by atoms with Gasteiger partial charge in [0.25, 0.3) is 0 Å². The third-order valence-corrected chi connectivity index (χ3v) is 3.83. The zero-order valence-electron chi connectivity index (χ0n) is 12.2. The molecular formula is C16H14F3NO2S. The van der Waals surface area contributed by atoms with Crippen LogP contribution in [0.5, 0.6) is 5.75 Å². The van der Waals surface area contributed by atoms with Crippen LogP contribution in [-0.4, -0.2) is 18.3 Å². The van der Waals surface area contributed by atoms with Gasteiger partial charge in [-0.2, -0.15) is 0 Å². The highest BCUT2D eigenvalue weighted by molar-refractivity contribution is 8.00. The minimum absolute atomic E-state index is 0.00637. The Morgan fingerprint density at radius 1 is 1.09 bits per heavy atom. The first-order valence-electron chi connectivity index (χ1n) is 6.80. The molecule has 0 aliphatic rings. The van der Waals surface area contributed by atoms with Gasteiger partial charge in [-0.05, 0) is 43.3 Å². The van der Waals surface area contributed by atoms with Crippen LogP contribution in [0.3, 0.4) is 0 Å². The second-order valence-corrected chi connectivity index (χ2v) is 5.51. The fourth-order valence-corrected chi connectivity index (χ4v) is 2.45. The molecular weight excluding hydrogens is 327 g/mol. The van der Waals surface area contributed by atoms with Crippen molar-refractivity contribution in [3.63, 3.8) is 0 Å². The van der Waals surface area contributed by atoms with Crippen LogP contribution in [0.15, 0.2) is 41.3 Å². The third kappa shape index (κ3) is 4.66. The molecule has 0 radical (unpaired) electrons. The van der Waals surface area contributed by atoms with Gasteiger partial charge in [0.1, 0.15) is 5.75 Å². The predicted octanol–water partition coefficient (Wildman–Crippen LogP) is 4.23. The summed E-state index contributed by atoms with van der Waals surface area (Å²) < 4.78 is 44.6. The summed E-state index contributed by atoms with van der Waals surface area (Å²) in [5.41, 5.74) is -0.388. The minimum atomic E-state index is -1.61. The van der Waals surface area contributed by atoms with E-state index in [-0.39, 0.29) is 11.4 Å². The monoisotopic (exact) mass is 341 g/mol. The topological polar surface area (TPSA) is 38.3 Å². The summed E-state index contributed by atoms with van der Waals surface area (Å²) in [7, 11) is 0. The van der Waals surface area contributed by atoms with Crippen LogP contribution >= 0.6 is 11.8 Å². The standard InChI is InChI=1S/C16H14F3NO2S/c1-2-22-10-3-5-11(6-4-10)23-9-14(21)20-13-8-7-12(17)15(18)16(13)19/h3-8H,2,9H2,1H3,(H,20,21). The summed E-state index contributed by atoms with van der Waals surface area (Å²) in [6.07, 6.45) is 0. The maximum atomic E-state index is 13.5. The molecule has 0 aliphatic carbocycles. The summed E-state index contributed by atoms with van der Waals surface area (Å²) in [4.78, 5) is 12.6. The number of benzene rings is 2. The molecule has 0 aromatic heterocycles. The van der Waals surface area contributed by atoms with E-state index in [4.69, 9.17) is 4.74 Å². The Morgan fingerprint density at radius 2 is 1.78 bits per heavy atom. The van der Waals surface area contributed by atoms with E-state index in [0.29, 0.717) is 6.61 Å². The van der Waals surface area contributed by atoms with Crippen molar-refractivity contribution in [1.82, 2.24) is 0 Å². The Bertz CT molecular complexity index is 692. The van der Waals surface area contributed by atoms with Crippen molar-refractivity contribution in [3.8, 4) is 5.75 Å². The molecule has 0 fully saturated rings. The molecule has 0 spiro atoms. The molecule has 7 heteroatoms. The summed E-state index contributed by atoms with van der Waals surface area (Å²) in [6, 6.07) is 8.88. The Kier molecular flexibility index (Phi) is 5.92. The molecule has 0 saturated carbocycles. The van der Waals surface area contributed by atoms with Crippen molar-refractivity contribution in [2.24, 2.45) is 0 Å². The molecule has 0 bridgehead atoms. The Balaban J connectivity index is 1.91. The van der Waals surface area contributed by atoms with E-state index in [2.05, 4.69) is 5.32 Å². The summed E-state index contributed by atoms with van der Waals surface area (Å²) in [5.74, 6) is -4.11. The van der Waals surface area contributed by atoms with E-state index >= 15 is 0 Å². The first-order valence-corrected chi connectivity index (χ1v) is 7.78. The van der Waals surface area contributed by atoms with Crippen LogP contribution in [0, 0.1) is 17.5 Å². The lowest BCUT2D eigenvalue weighted by Crippen LogP contribution is -2.15. The highest BCUT2D eigenvalue weighted by Crippen LogP contribution is 2.23. The van der Waals surface area contributed by atoms with Gasteiger partial charge in [0.2, 0.25) is 5.91 Å². The van der Waals surface area contributed by atoms with Crippen LogP contribution in [-0.2, 0) is 4.79 Å². The molecule has 0 heterocycles. The van der Waals surface area contributed by atoms with Crippen LogP contribution in [0.25, 0.3) is 0 Å². The second kappa shape index (κ2) is 7.92. The number of hydrogen-bond acceptors (Lipinski definition) is 3. The first kappa shape index (κ1) is 17.2. The van der Waals surface area contributed by atoms with Crippen molar-refractivity contribution in [2.75, 3.05) is 17.7 Å². The van der Waals surface area contributed by atoms with Crippen molar-refractivity contribution < 1.29 is 22.7 Å². The molecule has 0 aliphatic heterocycles. The molecule has 0 saturated heterocycles. The van der Waals surface area contributed by atoms with E-state index < -0.39 is 23.4 Å². The smallest absolute Gasteiger partial charge is 0.234 e. The highest BCUT2D eigenvalue weighted by atomic mass is 32.2. The molecule has 0 unspecified atom stereocenters. The quantitative estimate of drug-likeness (QED) is 0.631. The van der Waals surface area contributed by atoms with E-state index in [1.54, 1.807) is 24.3 Å². The highest BCUT2D eigenvalue weighted by Gasteiger charge is 2.15. The molecule has 122 valence electrons. The van der Waals surface area contributed by atoms with Gasteiger partial charge < -0.3 is 10.1 Å². The molecule has 2 aromatic carbocycles. The second-order valence-electron chi connectivity index (χ2n) is 4.46. The average Bonchev–Trinajstić information content (AvgIpc) is 2.55. The van der Waals surface area contributed by atoms with E-state index in [1.165, 1.54) is 11.8 Å². The van der Waals surface area contributed by atoms with Crippen LogP contribution in [0.1, 0.15) is 6.92 Å². The van der Waals surface area contributed by atoms with Crippen molar-refractivity contribution >= 4 is 23.4 Å². The van der Waals surface area contributed by atoms with Crippen molar-refractivity contribution in [3.05, 3.63) is 53.8 Å². The first-order chi connectivity index (χ1) is 11.0. The van der Waals surface area contributed by atoms with Gasteiger partial charge in [-0.3, -0.25) is 4.79 Å². The fraction of sp³-hybridized carbons (Fsp3) is 0.188. The number of ether oxygens (including phenoxy) is 1. The van der Waals surface area contributed by atoms with Gasteiger partial charge in [-0.25, -0.2) is 13.2 Å². The molecule has 2 rings (SSSR count). The number of carbonyl (C=O) groups is 1. The Hall–Kier alpha value is -2.15.